The van der Waals surface area contributed by atoms with Crippen molar-refractivity contribution in [2.45, 2.75) is 51.0 Å². The fourth-order valence-electron chi connectivity index (χ4n) is 5.31. The molecular formula is C23H32ClN3O4. The largest absolute Gasteiger partial charge is 0.486 e. The van der Waals surface area contributed by atoms with Crippen LogP contribution in [0.15, 0.2) is 24.3 Å². The average Bonchev–Trinajstić information content (AvgIpc) is 2.94. The molecular weight excluding hydrogens is 418 g/mol. The van der Waals surface area contributed by atoms with Gasteiger partial charge in [0.25, 0.3) is 5.91 Å². The standard InChI is InChI=1S/C23H31N3O4.ClH/c27-21-15-23(22(28)26(21)25-11-5-1-2-6-12-25)9-13-24(14-10-23)16-18-17-29-19-7-3-4-8-20(19)30-18;/h3-4,7-8,18H,1-2,5-6,9-17H2;1H. The first-order valence-electron chi connectivity index (χ1n) is 11.4. The first kappa shape index (κ1) is 22.4. The van der Waals surface area contributed by atoms with E-state index in [1.54, 1.807) is 0 Å². The number of para-hydroxylation sites is 2. The molecule has 31 heavy (non-hydrogen) atoms. The lowest BCUT2D eigenvalue weighted by Crippen LogP contribution is -2.51. The van der Waals surface area contributed by atoms with Gasteiger partial charge in [-0.1, -0.05) is 25.0 Å². The zero-order chi connectivity index (χ0) is 20.6. The van der Waals surface area contributed by atoms with Crippen molar-refractivity contribution in [3.63, 3.8) is 0 Å². The van der Waals surface area contributed by atoms with Gasteiger partial charge in [-0.3, -0.25) is 14.5 Å². The Balaban J connectivity index is 0.00000231. The number of imide groups is 1. The predicted octanol–water partition coefficient (Wildman–Crippen LogP) is 2.88. The Morgan fingerprint density at radius 3 is 2.32 bits per heavy atom. The molecule has 0 aromatic heterocycles. The third-order valence-corrected chi connectivity index (χ3v) is 7.08. The first-order chi connectivity index (χ1) is 14.6. The summed E-state index contributed by atoms with van der Waals surface area (Å²) in [5.74, 6) is 1.64. The Labute approximate surface area is 190 Å². The Kier molecular flexibility index (Phi) is 6.74. The Morgan fingerprint density at radius 2 is 1.61 bits per heavy atom. The summed E-state index contributed by atoms with van der Waals surface area (Å²) >= 11 is 0. The number of piperidine rings is 1. The molecule has 0 aliphatic carbocycles. The molecule has 0 N–H and O–H groups in total. The normalized spacial score (nSPS) is 26.6. The maximum Gasteiger partial charge on any atom is 0.250 e. The van der Waals surface area contributed by atoms with Gasteiger partial charge in [0.05, 0.1) is 5.41 Å². The second kappa shape index (κ2) is 9.35. The lowest BCUT2D eigenvalue weighted by molar-refractivity contribution is -0.161. The van der Waals surface area contributed by atoms with Gasteiger partial charge < -0.3 is 9.47 Å². The van der Waals surface area contributed by atoms with Crippen molar-refractivity contribution in [2.24, 2.45) is 5.41 Å². The Hall–Kier alpha value is -1.83. The van der Waals surface area contributed by atoms with Gasteiger partial charge in [0.1, 0.15) is 12.7 Å². The number of amides is 2. The molecule has 2 amide bonds. The molecule has 3 fully saturated rings. The SMILES string of the molecule is Cl.O=C1CC2(CCN(CC3COc4ccccc4O3)CC2)C(=O)N1N1CCCCCC1. The van der Waals surface area contributed by atoms with Crippen LogP contribution in [0.25, 0.3) is 0 Å². The summed E-state index contributed by atoms with van der Waals surface area (Å²) in [6.07, 6.45) is 6.33. The average molecular weight is 450 g/mol. The van der Waals surface area contributed by atoms with E-state index in [9.17, 15) is 9.59 Å². The highest BCUT2D eigenvalue weighted by Gasteiger charge is 2.54. The van der Waals surface area contributed by atoms with Crippen LogP contribution in [0.5, 0.6) is 11.5 Å². The molecule has 1 atom stereocenters. The minimum atomic E-state index is -0.504. The van der Waals surface area contributed by atoms with E-state index in [4.69, 9.17) is 9.47 Å². The third kappa shape index (κ3) is 4.41. The van der Waals surface area contributed by atoms with Crippen LogP contribution in [0.4, 0.5) is 0 Å². The molecule has 3 saturated heterocycles. The summed E-state index contributed by atoms with van der Waals surface area (Å²) in [6.45, 7) is 4.59. The van der Waals surface area contributed by atoms with Crippen LogP contribution in [-0.4, -0.2) is 72.2 Å². The molecule has 0 saturated carbocycles. The number of hydrogen-bond donors (Lipinski definition) is 0. The van der Waals surface area contributed by atoms with Crippen molar-refractivity contribution in [3.8, 4) is 11.5 Å². The van der Waals surface area contributed by atoms with Crippen LogP contribution in [0.3, 0.4) is 0 Å². The highest BCUT2D eigenvalue weighted by Crippen LogP contribution is 2.43. The molecule has 0 radical (unpaired) electrons. The van der Waals surface area contributed by atoms with Crippen molar-refractivity contribution >= 4 is 24.2 Å². The Bertz CT molecular complexity index is 804. The van der Waals surface area contributed by atoms with E-state index in [1.807, 2.05) is 29.3 Å². The van der Waals surface area contributed by atoms with E-state index >= 15 is 0 Å². The number of nitrogens with zero attached hydrogens (tertiary/aromatic N) is 3. The van der Waals surface area contributed by atoms with Crippen molar-refractivity contribution in [1.29, 1.82) is 0 Å². The molecule has 8 heteroatoms. The van der Waals surface area contributed by atoms with Gasteiger partial charge in [0.2, 0.25) is 5.91 Å². The van der Waals surface area contributed by atoms with Gasteiger partial charge in [0, 0.05) is 26.1 Å². The fraction of sp³-hybridized carbons (Fsp3) is 0.652. The lowest BCUT2D eigenvalue weighted by atomic mass is 9.77. The number of rotatable bonds is 3. The highest BCUT2D eigenvalue weighted by atomic mass is 35.5. The quantitative estimate of drug-likeness (QED) is 0.661. The zero-order valence-corrected chi connectivity index (χ0v) is 18.8. The van der Waals surface area contributed by atoms with Crippen LogP contribution in [0.1, 0.15) is 44.9 Å². The second-order valence-corrected chi connectivity index (χ2v) is 9.13. The molecule has 1 unspecified atom stereocenters. The third-order valence-electron chi connectivity index (χ3n) is 7.08. The summed E-state index contributed by atoms with van der Waals surface area (Å²) in [5, 5.41) is 3.53. The molecule has 7 nitrogen and oxygen atoms in total. The predicted molar refractivity (Wildman–Crippen MR) is 118 cm³/mol. The zero-order valence-electron chi connectivity index (χ0n) is 18.0. The minimum absolute atomic E-state index is 0. The second-order valence-electron chi connectivity index (χ2n) is 9.13. The number of hydrogen-bond acceptors (Lipinski definition) is 6. The van der Waals surface area contributed by atoms with Gasteiger partial charge in [0.15, 0.2) is 11.5 Å². The van der Waals surface area contributed by atoms with E-state index in [0.29, 0.717) is 13.0 Å². The molecule has 5 rings (SSSR count). The van der Waals surface area contributed by atoms with Crippen molar-refractivity contribution < 1.29 is 19.1 Å². The van der Waals surface area contributed by atoms with Gasteiger partial charge >= 0.3 is 0 Å². The maximum absolute atomic E-state index is 13.3. The van der Waals surface area contributed by atoms with Gasteiger partial charge in [-0.25, -0.2) is 10.0 Å². The van der Waals surface area contributed by atoms with E-state index < -0.39 is 5.41 Å². The number of hydrazine groups is 1. The molecule has 1 spiro atoms. The topological polar surface area (TPSA) is 62.3 Å². The van der Waals surface area contributed by atoms with E-state index in [0.717, 1.165) is 69.9 Å². The summed E-state index contributed by atoms with van der Waals surface area (Å²) in [4.78, 5) is 28.5. The van der Waals surface area contributed by atoms with Crippen LogP contribution in [-0.2, 0) is 9.59 Å². The van der Waals surface area contributed by atoms with E-state index in [2.05, 4.69) is 4.90 Å². The molecule has 1 aromatic carbocycles. The monoisotopic (exact) mass is 449 g/mol. The van der Waals surface area contributed by atoms with Gasteiger partial charge in [-0.05, 0) is 50.9 Å². The van der Waals surface area contributed by atoms with Crippen LogP contribution >= 0.6 is 12.4 Å². The number of carbonyl (C=O) groups is 2. The summed E-state index contributed by atoms with van der Waals surface area (Å²) in [6, 6.07) is 7.76. The Morgan fingerprint density at radius 1 is 0.935 bits per heavy atom. The van der Waals surface area contributed by atoms with Crippen molar-refractivity contribution in [2.75, 3.05) is 39.3 Å². The van der Waals surface area contributed by atoms with Crippen molar-refractivity contribution in [1.82, 2.24) is 14.9 Å². The van der Waals surface area contributed by atoms with E-state index in [1.165, 1.54) is 17.9 Å². The molecule has 1 aromatic rings. The van der Waals surface area contributed by atoms with E-state index in [-0.39, 0.29) is 30.3 Å². The lowest BCUT2D eigenvalue weighted by Gasteiger charge is -2.39. The number of fused-ring (bicyclic) bond motifs is 1. The van der Waals surface area contributed by atoms with Gasteiger partial charge in [-0.2, -0.15) is 0 Å². The smallest absolute Gasteiger partial charge is 0.250 e. The molecule has 4 aliphatic rings. The van der Waals surface area contributed by atoms with Crippen molar-refractivity contribution in [3.05, 3.63) is 24.3 Å². The number of halogens is 1. The molecule has 4 aliphatic heterocycles. The first-order valence-corrected chi connectivity index (χ1v) is 11.4. The summed E-state index contributed by atoms with van der Waals surface area (Å²) in [7, 11) is 0. The molecule has 4 heterocycles. The minimum Gasteiger partial charge on any atom is -0.486 e. The van der Waals surface area contributed by atoms with Crippen LogP contribution in [0.2, 0.25) is 0 Å². The number of carbonyl (C=O) groups excluding carboxylic acids is 2. The van der Waals surface area contributed by atoms with Gasteiger partial charge in [-0.15, -0.1) is 12.4 Å². The number of ether oxygens (including phenoxy) is 2. The summed E-state index contributed by atoms with van der Waals surface area (Å²) in [5.41, 5.74) is -0.504. The summed E-state index contributed by atoms with van der Waals surface area (Å²) < 4.78 is 11.9. The molecule has 170 valence electrons. The highest BCUT2D eigenvalue weighted by molar-refractivity contribution is 6.05. The number of benzene rings is 1. The maximum atomic E-state index is 13.3. The molecule has 0 bridgehead atoms. The number of likely N-dealkylation sites (tertiary alicyclic amines) is 1. The fourth-order valence-corrected chi connectivity index (χ4v) is 5.31. The van der Waals surface area contributed by atoms with Crippen LogP contribution in [0, 0.1) is 5.41 Å². The van der Waals surface area contributed by atoms with Crippen LogP contribution < -0.4 is 9.47 Å².